The van der Waals surface area contributed by atoms with Gasteiger partial charge in [0.2, 0.25) is 0 Å². The van der Waals surface area contributed by atoms with Crippen molar-refractivity contribution in [3.05, 3.63) is 35.4 Å². The molecule has 0 fully saturated rings. The molecule has 6 nitrogen and oxygen atoms in total. The van der Waals surface area contributed by atoms with E-state index in [1.165, 1.54) is 0 Å². The maximum Gasteiger partial charge on any atom is 0.411 e. The SMILES string of the molecule is O=C(O)CCNC(=O)NCc1cccc(COCC(F)(F)F)c1. The van der Waals surface area contributed by atoms with Crippen LogP contribution in [-0.4, -0.2) is 36.4 Å². The summed E-state index contributed by atoms with van der Waals surface area (Å²) < 4.78 is 40.5. The molecule has 3 N–H and O–H groups in total. The van der Waals surface area contributed by atoms with Gasteiger partial charge in [0.1, 0.15) is 6.61 Å². The number of urea groups is 1. The number of halogens is 3. The van der Waals surface area contributed by atoms with Gasteiger partial charge in [-0.15, -0.1) is 0 Å². The Labute approximate surface area is 130 Å². The molecule has 0 saturated carbocycles. The van der Waals surface area contributed by atoms with E-state index in [0.717, 1.165) is 0 Å². The number of carboxylic acid groups (broad SMARTS) is 1. The van der Waals surface area contributed by atoms with Crippen molar-refractivity contribution in [2.45, 2.75) is 25.7 Å². The molecule has 23 heavy (non-hydrogen) atoms. The second kappa shape index (κ2) is 8.99. The first kappa shape index (κ1) is 18.8. The van der Waals surface area contributed by atoms with Gasteiger partial charge >= 0.3 is 18.2 Å². The van der Waals surface area contributed by atoms with E-state index in [9.17, 15) is 22.8 Å². The summed E-state index contributed by atoms with van der Waals surface area (Å²) in [5, 5.41) is 13.3. The number of alkyl halides is 3. The van der Waals surface area contributed by atoms with E-state index in [2.05, 4.69) is 15.4 Å². The molecule has 9 heteroatoms. The van der Waals surface area contributed by atoms with Crippen LogP contribution in [0.15, 0.2) is 24.3 Å². The number of hydrogen-bond donors (Lipinski definition) is 3. The fourth-order valence-corrected chi connectivity index (χ4v) is 1.64. The third-order valence-electron chi connectivity index (χ3n) is 2.60. The lowest BCUT2D eigenvalue weighted by atomic mass is 10.1. The molecule has 1 aromatic rings. The first-order chi connectivity index (χ1) is 10.8. The van der Waals surface area contributed by atoms with Crippen LogP contribution >= 0.6 is 0 Å². The fourth-order valence-electron chi connectivity index (χ4n) is 1.64. The zero-order valence-electron chi connectivity index (χ0n) is 12.2. The maximum absolute atomic E-state index is 12.0. The summed E-state index contributed by atoms with van der Waals surface area (Å²) in [6.07, 6.45) is -4.55. The lowest BCUT2D eigenvalue weighted by Crippen LogP contribution is -2.36. The maximum atomic E-state index is 12.0. The van der Waals surface area contributed by atoms with Crippen LogP contribution in [0.4, 0.5) is 18.0 Å². The number of rotatable bonds is 8. The summed E-state index contributed by atoms with van der Waals surface area (Å²) in [5.41, 5.74) is 1.24. The summed E-state index contributed by atoms with van der Waals surface area (Å²) in [7, 11) is 0. The minimum Gasteiger partial charge on any atom is -0.481 e. The van der Waals surface area contributed by atoms with Crippen molar-refractivity contribution >= 4 is 12.0 Å². The van der Waals surface area contributed by atoms with Gasteiger partial charge in [-0.3, -0.25) is 4.79 Å². The summed E-state index contributed by atoms with van der Waals surface area (Å²) in [6, 6.07) is 6.06. The lowest BCUT2D eigenvalue weighted by Gasteiger charge is -2.10. The molecule has 0 radical (unpaired) electrons. The molecule has 0 aromatic heterocycles. The largest absolute Gasteiger partial charge is 0.481 e. The molecular weight excluding hydrogens is 317 g/mol. The van der Waals surface area contributed by atoms with Gasteiger partial charge in [0, 0.05) is 13.1 Å². The predicted molar refractivity (Wildman–Crippen MR) is 74.6 cm³/mol. The smallest absolute Gasteiger partial charge is 0.411 e. The van der Waals surface area contributed by atoms with Gasteiger partial charge in [0.15, 0.2) is 0 Å². The monoisotopic (exact) mass is 334 g/mol. The molecule has 0 unspecified atom stereocenters. The average molecular weight is 334 g/mol. The Morgan fingerprint density at radius 1 is 1.17 bits per heavy atom. The number of ether oxygens (including phenoxy) is 1. The van der Waals surface area contributed by atoms with Crippen molar-refractivity contribution in [3.8, 4) is 0 Å². The van der Waals surface area contributed by atoms with Gasteiger partial charge in [-0.25, -0.2) is 4.79 Å². The highest BCUT2D eigenvalue weighted by Crippen LogP contribution is 2.16. The molecule has 0 bridgehead atoms. The second-order valence-electron chi connectivity index (χ2n) is 4.68. The molecule has 0 aliphatic rings. The second-order valence-corrected chi connectivity index (χ2v) is 4.68. The van der Waals surface area contributed by atoms with Crippen LogP contribution in [0.25, 0.3) is 0 Å². The third-order valence-corrected chi connectivity index (χ3v) is 2.60. The number of nitrogens with one attached hydrogen (secondary N) is 2. The van der Waals surface area contributed by atoms with Crippen LogP contribution in [0.1, 0.15) is 17.5 Å². The Morgan fingerprint density at radius 2 is 1.87 bits per heavy atom. The lowest BCUT2D eigenvalue weighted by molar-refractivity contribution is -0.176. The van der Waals surface area contributed by atoms with E-state index in [0.29, 0.717) is 11.1 Å². The molecule has 0 aliphatic carbocycles. The van der Waals surface area contributed by atoms with Crippen LogP contribution in [-0.2, 0) is 22.7 Å². The van der Waals surface area contributed by atoms with Crippen LogP contribution in [0.5, 0.6) is 0 Å². The Kier molecular flexibility index (Phi) is 7.33. The minimum absolute atomic E-state index is 0.00644. The van der Waals surface area contributed by atoms with E-state index >= 15 is 0 Å². The predicted octanol–water partition coefficient (Wildman–Crippen LogP) is 2.04. The Balaban J connectivity index is 2.35. The van der Waals surface area contributed by atoms with Crippen LogP contribution in [0.2, 0.25) is 0 Å². The van der Waals surface area contributed by atoms with Crippen molar-refractivity contribution in [2.24, 2.45) is 0 Å². The molecule has 2 amide bonds. The standard InChI is InChI=1S/C14H17F3N2O4/c15-14(16,17)9-23-8-11-3-1-2-10(6-11)7-19-13(22)18-5-4-12(20)21/h1-3,6H,4-5,7-9H2,(H,20,21)(H2,18,19,22). The van der Waals surface area contributed by atoms with Crippen molar-refractivity contribution < 1.29 is 32.6 Å². The van der Waals surface area contributed by atoms with Crippen molar-refractivity contribution in [2.75, 3.05) is 13.2 Å². The first-order valence-electron chi connectivity index (χ1n) is 6.72. The van der Waals surface area contributed by atoms with Crippen LogP contribution in [0.3, 0.4) is 0 Å². The number of amides is 2. The van der Waals surface area contributed by atoms with E-state index in [1.807, 2.05) is 0 Å². The minimum atomic E-state index is -4.37. The molecule has 0 saturated heterocycles. The van der Waals surface area contributed by atoms with Gasteiger partial charge in [-0.1, -0.05) is 24.3 Å². The van der Waals surface area contributed by atoms with Crippen LogP contribution < -0.4 is 10.6 Å². The zero-order valence-corrected chi connectivity index (χ0v) is 12.2. The summed E-state index contributed by atoms with van der Waals surface area (Å²) >= 11 is 0. The molecule has 0 heterocycles. The Bertz CT molecular complexity index is 535. The highest BCUT2D eigenvalue weighted by Gasteiger charge is 2.27. The molecule has 0 aliphatic heterocycles. The van der Waals surface area contributed by atoms with Crippen molar-refractivity contribution in [1.29, 1.82) is 0 Å². The van der Waals surface area contributed by atoms with E-state index in [-0.39, 0.29) is 26.1 Å². The van der Waals surface area contributed by atoms with Crippen molar-refractivity contribution in [3.63, 3.8) is 0 Å². The quantitative estimate of drug-likeness (QED) is 0.679. The van der Waals surface area contributed by atoms with Gasteiger partial charge in [0.05, 0.1) is 13.0 Å². The van der Waals surface area contributed by atoms with Gasteiger partial charge in [-0.2, -0.15) is 13.2 Å². The summed E-state index contributed by atoms with van der Waals surface area (Å²) in [5.74, 6) is -1.02. The van der Waals surface area contributed by atoms with Gasteiger partial charge < -0.3 is 20.5 Å². The molecule has 1 aromatic carbocycles. The molecule has 0 spiro atoms. The number of carboxylic acids is 1. The summed E-state index contributed by atoms with van der Waals surface area (Å²) in [6.45, 7) is -1.34. The number of carbonyl (C=O) groups is 2. The topological polar surface area (TPSA) is 87.7 Å². The molecule has 0 atom stereocenters. The number of aliphatic carboxylic acids is 1. The fraction of sp³-hybridized carbons (Fsp3) is 0.429. The number of carbonyl (C=O) groups excluding carboxylic acids is 1. The molecule has 1 rings (SSSR count). The normalized spacial score (nSPS) is 11.1. The van der Waals surface area contributed by atoms with E-state index < -0.39 is 24.8 Å². The Morgan fingerprint density at radius 3 is 2.52 bits per heavy atom. The van der Waals surface area contributed by atoms with E-state index in [4.69, 9.17) is 5.11 Å². The highest BCUT2D eigenvalue weighted by molar-refractivity contribution is 5.74. The average Bonchev–Trinajstić information content (AvgIpc) is 2.44. The van der Waals surface area contributed by atoms with Gasteiger partial charge in [-0.05, 0) is 11.1 Å². The van der Waals surface area contributed by atoms with E-state index in [1.54, 1.807) is 24.3 Å². The van der Waals surface area contributed by atoms with Crippen LogP contribution in [0, 0.1) is 0 Å². The van der Waals surface area contributed by atoms with Crippen molar-refractivity contribution in [1.82, 2.24) is 10.6 Å². The van der Waals surface area contributed by atoms with Gasteiger partial charge in [0.25, 0.3) is 0 Å². The molecular formula is C14H17F3N2O4. The third kappa shape index (κ3) is 9.35. The number of hydrogen-bond acceptors (Lipinski definition) is 3. The number of benzene rings is 1. The zero-order chi connectivity index (χ0) is 17.3. The Hall–Kier alpha value is -2.29. The summed E-state index contributed by atoms with van der Waals surface area (Å²) in [4.78, 5) is 21.7. The molecule has 128 valence electrons. The highest BCUT2D eigenvalue weighted by atomic mass is 19.4. The first-order valence-corrected chi connectivity index (χ1v) is 6.72.